The van der Waals surface area contributed by atoms with Crippen LogP contribution in [0.25, 0.3) is 0 Å². The molecule has 0 heterocycles. The second kappa shape index (κ2) is 8.64. The predicted molar refractivity (Wildman–Crippen MR) is 96.8 cm³/mol. The van der Waals surface area contributed by atoms with Gasteiger partial charge in [-0.2, -0.15) is 0 Å². The number of rotatable bonds is 7. The molecule has 1 aromatic carbocycles. The minimum atomic E-state index is -3.74. The van der Waals surface area contributed by atoms with Gasteiger partial charge in [0.05, 0.1) is 4.90 Å². The minimum absolute atomic E-state index is 0.0262. The van der Waals surface area contributed by atoms with Crippen LogP contribution in [0.2, 0.25) is 5.02 Å². The summed E-state index contributed by atoms with van der Waals surface area (Å²) in [6.45, 7) is 6.99. The van der Waals surface area contributed by atoms with E-state index in [0.717, 1.165) is 0 Å². The molecule has 140 valence electrons. The van der Waals surface area contributed by atoms with Crippen molar-refractivity contribution in [2.45, 2.75) is 50.6 Å². The maximum Gasteiger partial charge on any atom is 0.242 e. The van der Waals surface area contributed by atoms with Crippen LogP contribution in [0.5, 0.6) is 0 Å². The van der Waals surface area contributed by atoms with Crippen LogP contribution in [0, 0.1) is 0 Å². The topological polar surface area (TPSA) is 104 Å². The second-order valence-corrected chi connectivity index (χ2v) is 8.84. The normalized spacial score (nSPS) is 13.2. The van der Waals surface area contributed by atoms with Crippen LogP contribution >= 0.6 is 11.6 Å². The summed E-state index contributed by atoms with van der Waals surface area (Å²) in [5, 5.41) is 5.59. The molecule has 9 heteroatoms. The molecule has 0 saturated carbocycles. The van der Waals surface area contributed by atoms with Gasteiger partial charge < -0.3 is 10.6 Å². The van der Waals surface area contributed by atoms with Crippen molar-refractivity contribution in [3.63, 3.8) is 0 Å². The van der Waals surface area contributed by atoms with Crippen molar-refractivity contribution in [2.75, 3.05) is 6.54 Å². The Labute approximate surface area is 153 Å². The van der Waals surface area contributed by atoms with Gasteiger partial charge in [0.25, 0.3) is 0 Å². The number of sulfonamides is 1. The first-order chi connectivity index (χ1) is 11.4. The summed E-state index contributed by atoms with van der Waals surface area (Å²) in [6.07, 6.45) is -0.0903. The largest absolute Gasteiger partial charge is 0.350 e. The van der Waals surface area contributed by atoms with Gasteiger partial charge in [-0.1, -0.05) is 17.7 Å². The van der Waals surface area contributed by atoms with Crippen LogP contribution in [0.3, 0.4) is 0 Å². The molecule has 25 heavy (non-hydrogen) atoms. The van der Waals surface area contributed by atoms with Crippen LogP contribution in [0.1, 0.15) is 34.1 Å². The molecule has 0 bridgehead atoms. The van der Waals surface area contributed by atoms with Gasteiger partial charge in [-0.05, 0) is 45.9 Å². The van der Waals surface area contributed by atoms with Gasteiger partial charge in [-0.15, -0.1) is 0 Å². The van der Waals surface area contributed by atoms with Crippen molar-refractivity contribution >= 4 is 33.4 Å². The molecule has 0 aliphatic heterocycles. The Morgan fingerprint density at radius 3 is 2.44 bits per heavy atom. The standard InChI is InChI=1S/C16H24ClN3O4S/c1-11(15(22)20-16(2,3)4)19-14(21)8-9-18-25(23,24)13-7-5-6-12(17)10-13/h5-7,10-11,18H,8-9H2,1-4H3,(H,19,21)(H,20,22). The number of hydrogen-bond donors (Lipinski definition) is 3. The van der Waals surface area contributed by atoms with Crippen LogP contribution in [0.4, 0.5) is 0 Å². The first-order valence-corrected chi connectivity index (χ1v) is 9.63. The molecule has 0 aromatic heterocycles. The molecule has 1 rings (SSSR count). The van der Waals surface area contributed by atoms with E-state index in [-0.39, 0.29) is 23.8 Å². The van der Waals surface area contributed by atoms with Crippen LogP contribution < -0.4 is 15.4 Å². The highest BCUT2D eigenvalue weighted by atomic mass is 35.5. The summed E-state index contributed by atoms with van der Waals surface area (Å²) in [7, 11) is -3.74. The van der Waals surface area contributed by atoms with Crippen molar-refractivity contribution in [3.05, 3.63) is 29.3 Å². The smallest absolute Gasteiger partial charge is 0.242 e. The molecule has 0 aliphatic rings. The molecule has 0 spiro atoms. The Kier molecular flexibility index (Phi) is 7.40. The minimum Gasteiger partial charge on any atom is -0.350 e. The Balaban J connectivity index is 2.48. The third-order valence-electron chi connectivity index (χ3n) is 3.02. The number of nitrogens with one attached hydrogen (secondary N) is 3. The predicted octanol–water partition coefficient (Wildman–Crippen LogP) is 1.43. The Bertz CT molecular complexity index is 729. The van der Waals surface area contributed by atoms with Gasteiger partial charge in [0.1, 0.15) is 6.04 Å². The van der Waals surface area contributed by atoms with Crippen molar-refractivity contribution in [1.29, 1.82) is 0 Å². The number of amides is 2. The van der Waals surface area contributed by atoms with Gasteiger partial charge >= 0.3 is 0 Å². The Morgan fingerprint density at radius 2 is 1.88 bits per heavy atom. The third-order valence-corrected chi connectivity index (χ3v) is 4.71. The lowest BCUT2D eigenvalue weighted by Gasteiger charge is -2.23. The fourth-order valence-corrected chi connectivity index (χ4v) is 3.21. The SMILES string of the molecule is CC(NC(=O)CCNS(=O)(=O)c1cccc(Cl)c1)C(=O)NC(C)(C)C. The van der Waals surface area contributed by atoms with E-state index in [1.807, 2.05) is 20.8 Å². The lowest BCUT2D eigenvalue weighted by molar-refractivity contribution is -0.129. The summed E-state index contributed by atoms with van der Waals surface area (Å²) in [5.41, 5.74) is -0.400. The Morgan fingerprint density at radius 1 is 1.24 bits per heavy atom. The number of carbonyl (C=O) groups excluding carboxylic acids is 2. The lowest BCUT2D eigenvalue weighted by Crippen LogP contribution is -2.51. The van der Waals surface area contributed by atoms with Crippen LogP contribution in [-0.2, 0) is 19.6 Å². The fourth-order valence-electron chi connectivity index (χ4n) is 1.87. The van der Waals surface area contributed by atoms with Crippen molar-refractivity contribution in [3.8, 4) is 0 Å². The van der Waals surface area contributed by atoms with Crippen molar-refractivity contribution in [1.82, 2.24) is 15.4 Å². The molecule has 0 fully saturated rings. The molecule has 7 nitrogen and oxygen atoms in total. The third kappa shape index (κ3) is 7.85. The van der Waals surface area contributed by atoms with E-state index in [0.29, 0.717) is 5.02 Å². The summed E-state index contributed by atoms with van der Waals surface area (Å²) in [5.74, 6) is -0.731. The number of halogens is 1. The zero-order valence-corrected chi connectivity index (χ0v) is 16.3. The van der Waals surface area contributed by atoms with E-state index in [9.17, 15) is 18.0 Å². The van der Waals surface area contributed by atoms with Crippen molar-refractivity contribution in [2.24, 2.45) is 0 Å². The lowest BCUT2D eigenvalue weighted by atomic mass is 10.1. The number of hydrogen-bond acceptors (Lipinski definition) is 4. The first kappa shape index (κ1) is 21.4. The zero-order chi connectivity index (χ0) is 19.3. The molecular weight excluding hydrogens is 366 g/mol. The molecular formula is C16H24ClN3O4S. The van der Waals surface area contributed by atoms with Gasteiger partial charge in [0, 0.05) is 23.5 Å². The molecule has 2 amide bonds. The van der Waals surface area contributed by atoms with E-state index in [4.69, 9.17) is 11.6 Å². The van der Waals surface area contributed by atoms with Crippen molar-refractivity contribution < 1.29 is 18.0 Å². The van der Waals surface area contributed by atoms with Crippen LogP contribution in [-0.4, -0.2) is 38.4 Å². The maximum atomic E-state index is 12.1. The molecule has 0 radical (unpaired) electrons. The molecule has 0 saturated heterocycles. The van der Waals surface area contributed by atoms with Gasteiger partial charge in [-0.25, -0.2) is 13.1 Å². The highest BCUT2D eigenvalue weighted by Gasteiger charge is 2.21. The van der Waals surface area contributed by atoms with E-state index < -0.39 is 27.5 Å². The summed E-state index contributed by atoms with van der Waals surface area (Å²) in [6, 6.07) is 5.11. The summed E-state index contributed by atoms with van der Waals surface area (Å²) < 4.78 is 26.5. The molecule has 1 atom stereocenters. The quantitative estimate of drug-likeness (QED) is 0.656. The zero-order valence-electron chi connectivity index (χ0n) is 14.7. The van der Waals surface area contributed by atoms with Gasteiger partial charge in [0.15, 0.2) is 0 Å². The first-order valence-electron chi connectivity index (χ1n) is 7.77. The second-order valence-electron chi connectivity index (χ2n) is 6.63. The summed E-state index contributed by atoms with van der Waals surface area (Å²) >= 11 is 5.77. The average molecular weight is 390 g/mol. The van der Waals surface area contributed by atoms with Crippen LogP contribution in [0.15, 0.2) is 29.2 Å². The average Bonchev–Trinajstić information content (AvgIpc) is 2.45. The highest BCUT2D eigenvalue weighted by Crippen LogP contribution is 2.15. The van der Waals surface area contributed by atoms with E-state index in [1.165, 1.54) is 18.2 Å². The monoisotopic (exact) mass is 389 g/mol. The highest BCUT2D eigenvalue weighted by molar-refractivity contribution is 7.89. The van der Waals surface area contributed by atoms with Gasteiger partial charge in [0.2, 0.25) is 21.8 Å². The maximum absolute atomic E-state index is 12.1. The van der Waals surface area contributed by atoms with E-state index >= 15 is 0 Å². The molecule has 1 aromatic rings. The molecule has 0 aliphatic carbocycles. The van der Waals surface area contributed by atoms with E-state index in [1.54, 1.807) is 13.0 Å². The number of carbonyl (C=O) groups is 2. The molecule has 1 unspecified atom stereocenters. The number of benzene rings is 1. The van der Waals surface area contributed by atoms with Gasteiger partial charge in [-0.3, -0.25) is 9.59 Å². The summed E-state index contributed by atoms with van der Waals surface area (Å²) in [4.78, 5) is 23.8. The Hall–Kier alpha value is -1.64. The molecule has 3 N–H and O–H groups in total. The van der Waals surface area contributed by atoms with E-state index in [2.05, 4.69) is 15.4 Å². The fraction of sp³-hybridized carbons (Fsp3) is 0.500.